The second-order valence-electron chi connectivity index (χ2n) is 4.69. The number of furan rings is 1. The van der Waals surface area contributed by atoms with Gasteiger partial charge in [0.05, 0.1) is 17.7 Å². The maximum Gasteiger partial charge on any atom is 0.312 e. The summed E-state index contributed by atoms with van der Waals surface area (Å²) in [5, 5.41) is 17.8. The number of aryl methyl sites for hydroxylation is 1. The molecule has 0 fully saturated rings. The Labute approximate surface area is 120 Å². The van der Waals surface area contributed by atoms with E-state index in [0.717, 1.165) is 0 Å². The molecule has 0 bridgehead atoms. The lowest BCUT2D eigenvalue weighted by Crippen LogP contribution is -2.31. The first kappa shape index (κ1) is 14.8. The van der Waals surface area contributed by atoms with Crippen molar-refractivity contribution in [2.75, 3.05) is 0 Å². The number of nitro groups is 1. The van der Waals surface area contributed by atoms with Crippen molar-refractivity contribution in [3.63, 3.8) is 0 Å². The molecule has 2 heterocycles. The largest absolute Gasteiger partial charge is 0.467 e. The Morgan fingerprint density at radius 1 is 1.57 bits per heavy atom. The average molecular weight is 292 g/mol. The van der Waals surface area contributed by atoms with Gasteiger partial charge in [-0.15, -0.1) is 0 Å². The van der Waals surface area contributed by atoms with Crippen LogP contribution < -0.4 is 5.32 Å². The highest BCUT2D eigenvalue weighted by atomic mass is 16.6. The molecule has 1 N–H and O–H groups in total. The summed E-state index contributed by atoms with van der Waals surface area (Å²) in [5.41, 5.74) is 0.599. The molecule has 8 heteroatoms. The zero-order chi connectivity index (χ0) is 15.6. The first-order valence-corrected chi connectivity index (χ1v) is 6.42. The molecule has 2 rings (SSSR count). The molecule has 0 aliphatic carbocycles. The van der Waals surface area contributed by atoms with Crippen LogP contribution in [0.3, 0.4) is 0 Å². The molecule has 0 saturated heterocycles. The van der Waals surface area contributed by atoms with Crippen LogP contribution in [-0.2, 0) is 11.3 Å². The van der Waals surface area contributed by atoms with Gasteiger partial charge in [-0.3, -0.25) is 19.6 Å². The summed E-state index contributed by atoms with van der Waals surface area (Å²) in [6, 6.07) is 2.83. The third-order valence-electron chi connectivity index (χ3n) is 3.23. The minimum absolute atomic E-state index is 0.0549. The number of aromatic nitrogens is 2. The van der Waals surface area contributed by atoms with Gasteiger partial charge in [0, 0.05) is 0 Å². The van der Waals surface area contributed by atoms with Gasteiger partial charge in [-0.2, -0.15) is 5.10 Å². The van der Waals surface area contributed by atoms with Crippen molar-refractivity contribution in [2.45, 2.75) is 33.4 Å². The molecule has 21 heavy (non-hydrogen) atoms. The number of rotatable bonds is 5. The van der Waals surface area contributed by atoms with Crippen molar-refractivity contribution in [1.29, 1.82) is 0 Å². The summed E-state index contributed by atoms with van der Waals surface area (Å²) in [5.74, 6) is 0.349. The molecular formula is C13H16N4O4. The predicted octanol–water partition coefficient (Wildman–Crippen LogP) is 1.88. The van der Waals surface area contributed by atoms with Crippen molar-refractivity contribution < 1.29 is 14.1 Å². The van der Waals surface area contributed by atoms with Crippen molar-refractivity contribution in [2.24, 2.45) is 0 Å². The van der Waals surface area contributed by atoms with Crippen LogP contribution in [0, 0.1) is 24.0 Å². The molecule has 0 aromatic carbocycles. The molecule has 1 amide bonds. The van der Waals surface area contributed by atoms with Crippen molar-refractivity contribution in [1.82, 2.24) is 15.1 Å². The Hall–Kier alpha value is -2.64. The SMILES string of the molecule is Cc1nn([C@@H](C)C(=O)NCc2ccco2)c(C)c1[N+](=O)[O-]. The average Bonchev–Trinajstić information content (AvgIpc) is 3.03. The van der Waals surface area contributed by atoms with Crippen LogP contribution in [0.5, 0.6) is 0 Å². The van der Waals surface area contributed by atoms with Gasteiger partial charge < -0.3 is 9.73 Å². The van der Waals surface area contributed by atoms with Crippen molar-refractivity contribution in [3.05, 3.63) is 45.7 Å². The van der Waals surface area contributed by atoms with Crippen LogP contribution in [0.4, 0.5) is 5.69 Å². The highest BCUT2D eigenvalue weighted by Crippen LogP contribution is 2.24. The summed E-state index contributed by atoms with van der Waals surface area (Å²) in [6.45, 7) is 5.03. The Morgan fingerprint density at radius 3 is 2.81 bits per heavy atom. The maximum absolute atomic E-state index is 12.1. The molecular weight excluding hydrogens is 276 g/mol. The van der Waals surface area contributed by atoms with E-state index in [-0.39, 0.29) is 18.1 Å². The fourth-order valence-electron chi connectivity index (χ4n) is 2.14. The highest BCUT2D eigenvalue weighted by Gasteiger charge is 2.26. The summed E-state index contributed by atoms with van der Waals surface area (Å²) >= 11 is 0. The Balaban J connectivity index is 2.12. The molecule has 8 nitrogen and oxygen atoms in total. The Kier molecular flexibility index (Phi) is 4.06. The minimum Gasteiger partial charge on any atom is -0.467 e. The fraction of sp³-hybridized carbons (Fsp3) is 0.385. The molecule has 0 aliphatic rings. The van der Waals surface area contributed by atoms with Gasteiger partial charge >= 0.3 is 5.69 Å². The van der Waals surface area contributed by atoms with Gasteiger partial charge in [-0.05, 0) is 32.9 Å². The van der Waals surface area contributed by atoms with Crippen molar-refractivity contribution in [3.8, 4) is 0 Å². The highest BCUT2D eigenvalue weighted by molar-refractivity contribution is 5.79. The van der Waals surface area contributed by atoms with Crippen LogP contribution in [0.2, 0.25) is 0 Å². The topological polar surface area (TPSA) is 103 Å². The van der Waals surface area contributed by atoms with E-state index >= 15 is 0 Å². The third-order valence-corrected chi connectivity index (χ3v) is 3.23. The van der Waals surface area contributed by atoms with Crippen LogP contribution in [0.1, 0.15) is 30.1 Å². The number of nitrogens with zero attached hydrogens (tertiary/aromatic N) is 3. The molecule has 0 saturated carbocycles. The number of carbonyl (C=O) groups excluding carboxylic acids is 1. The fourth-order valence-corrected chi connectivity index (χ4v) is 2.14. The smallest absolute Gasteiger partial charge is 0.312 e. The van der Waals surface area contributed by atoms with Gasteiger partial charge in [-0.25, -0.2) is 0 Å². The monoisotopic (exact) mass is 292 g/mol. The van der Waals surface area contributed by atoms with Gasteiger partial charge in [0.2, 0.25) is 5.91 Å². The van der Waals surface area contributed by atoms with Crippen LogP contribution in [0.15, 0.2) is 22.8 Å². The zero-order valence-electron chi connectivity index (χ0n) is 12.0. The lowest BCUT2D eigenvalue weighted by Gasteiger charge is -2.13. The Bertz CT molecular complexity index is 660. The lowest BCUT2D eigenvalue weighted by atomic mass is 10.2. The van der Waals surface area contributed by atoms with E-state index in [4.69, 9.17) is 4.42 Å². The van der Waals surface area contributed by atoms with Crippen LogP contribution in [-0.4, -0.2) is 20.6 Å². The van der Waals surface area contributed by atoms with Gasteiger partial charge in [0.15, 0.2) is 0 Å². The predicted molar refractivity (Wildman–Crippen MR) is 73.6 cm³/mol. The normalized spacial score (nSPS) is 12.1. The third kappa shape index (κ3) is 2.93. The van der Waals surface area contributed by atoms with E-state index in [0.29, 0.717) is 17.1 Å². The van der Waals surface area contributed by atoms with Gasteiger partial charge in [0.1, 0.15) is 23.2 Å². The standard InChI is InChI=1S/C13H16N4O4/c1-8-12(17(19)20)9(2)16(15-8)10(3)13(18)14-7-11-5-4-6-21-11/h4-6,10H,7H2,1-3H3,(H,14,18)/t10-/m0/s1. The van der Waals surface area contributed by atoms with Crippen molar-refractivity contribution >= 4 is 11.6 Å². The molecule has 0 spiro atoms. The minimum atomic E-state index is -0.646. The number of amides is 1. The molecule has 2 aromatic heterocycles. The van der Waals surface area contributed by atoms with E-state index in [1.807, 2.05) is 0 Å². The number of nitrogens with one attached hydrogen (secondary N) is 1. The Morgan fingerprint density at radius 2 is 2.29 bits per heavy atom. The van der Waals surface area contributed by atoms with E-state index < -0.39 is 11.0 Å². The van der Waals surface area contributed by atoms with Gasteiger partial charge in [0.25, 0.3) is 0 Å². The first-order valence-electron chi connectivity index (χ1n) is 6.42. The number of hydrogen-bond donors (Lipinski definition) is 1. The first-order chi connectivity index (χ1) is 9.91. The van der Waals surface area contributed by atoms with E-state index in [9.17, 15) is 14.9 Å². The molecule has 0 radical (unpaired) electrons. The lowest BCUT2D eigenvalue weighted by molar-refractivity contribution is -0.386. The molecule has 112 valence electrons. The van der Waals surface area contributed by atoms with Crippen LogP contribution in [0.25, 0.3) is 0 Å². The molecule has 2 aromatic rings. The number of hydrogen-bond acceptors (Lipinski definition) is 5. The maximum atomic E-state index is 12.1. The second-order valence-corrected chi connectivity index (χ2v) is 4.69. The van der Waals surface area contributed by atoms with Crippen LogP contribution >= 0.6 is 0 Å². The molecule has 1 atom stereocenters. The van der Waals surface area contributed by atoms with E-state index in [2.05, 4.69) is 10.4 Å². The summed E-state index contributed by atoms with van der Waals surface area (Å²) < 4.78 is 6.49. The van der Waals surface area contributed by atoms with Gasteiger partial charge in [-0.1, -0.05) is 0 Å². The molecule has 0 aliphatic heterocycles. The molecule has 0 unspecified atom stereocenters. The summed E-state index contributed by atoms with van der Waals surface area (Å²) in [7, 11) is 0. The summed E-state index contributed by atoms with van der Waals surface area (Å²) in [6.07, 6.45) is 1.52. The quantitative estimate of drug-likeness (QED) is 0.669. The number of carbonyl (C=O) groups is 1. The van der Waals surface area contributed by atoms with E-state index in [1.54, 1.807) is 32.9 Å². The van der Waals surface area contributed by atoms with E-state index in [1.165, 1.54) is 10.9 Å². The summed E-state index contributed by atoms with van der Waals surface area (Å²) in [4.78, 5) is 22.6. The second kappa shape index (κ2) is 5.78. The zero-order valence-corrected chi connectivity index (χ0v) is 12.0.